The SMILES string of the molecule is Cn1c([N+](=O)[O-])nc2[nH]c(=O)n(C(O)CCO)c(=O)c21. The van der Waals surface area contributed by atoms with Crippen molar-refractivity contribution in [2.75, 3.05) is 6.61 Å². The number of nitro groups is 1. The van der Waals surface area contributed by atoms with Gasteiger partial charge in [-0.05, 0) is 9.91 Å². The standard InChI is InChI=1S/C9H11N5O6/c1-12-5-6(10-8(12)14(19)20)11-9(18)13(7(5)17)4(16)2-3-15/h4,15-16H,2-3H2,1H3,(H,11,18). The van der Waals surface area contributed by atoms with E-state index in [4.69, 9.17) is 5.11 Å². The van der Waals surface area contributed by atoms with E-state index in [1.807, 2.05) is 0 Å². The minimum atomic E-state index is -1.53. The van der Waals surface area contributed by atoms with Crippen LogP contribution in [0, 0.1) is 10.1 Å². The number of fused-ring (bicyclic) bond motifs is 1. The summed E-state index contributed by atoms with van der Waals surface area (Å²) in [7, 11) is 1.25. The van der Waals surface area contributed by atoms with Crippen LogP contribution in [0.15, 0.2) is 9.59 Å². The van der Waals surface area contributed by atoms with Crippen LogP contribution in [0.4, 0.5) is 5.95 Å². The van der Waals surface area contributed by atoms with Gasteiger partial charge in [0.2, 0.25) is 5.52 Å². The van der Waals surface area contributed by atoms with E-state index in [0.717, 1.165) is 4.57 Å². The first-order valence-electron chi connectivity index (χ1n) is 5.53. The summed E-state index contributed by atoms with van der Waals surface area (Å²) in [6.45, 7) is -0.434. The summed E-state index contributed by atoms with van der Waals surface area (Å²) < 4.78 is 1.39. The molecule has 1 atom stereocenters. The third kappa shape index (κ3) is 1.98. The van der Waals surface area contributed by atoms with E-state index in [1.165, 1.54) is 7.05 Å². The zero-order chi connectivity index (χ0) is 15.0. The summed E-state index contributed by atoms with van der Waals surface area (Å²) in [6, 6.07) is 0. The first kappa shape index (κ1) is 13.9. The zero-order valence-corrected chi connectivity index (χ0v) is 10.3. The molecule has 11 nitrogen and oxygen atoms in total. The summed E-state index contributed by atoms with van der Waals surface area (Å²) in [5, 5.41) is 29.1. The zero-order valence-electron chi connectivity index (χ0n) is 10.3. The molecule has 2 aromatic rings. The highest BCUT2D eigenvalue weighted by Gasteiger charge is 2.26. The summed E-state index contributed by atoms with van der Waals surface area (Å²) >= 11 is 0. The lowest BCUT2D eigenvalue weighted by atomic mass is 10.4. The second-order valence-electron chi connectivity index (χ2n) is 4.02. The Hall–Kier alpha value is -2.53. The highest BCUT2D eigenvalue weighted by atomic mass is 16.6. The van der Waals surface area contributed by atoms with Gasteiger partial charge >= 0.3 is 17.2 Å². The Kier molecular flexibility index (Phi) is 3.38. The molecule has 2 rings (SSSR count). The maximum atomic E-state index is 12.1. The van der Waals surface area contributed by atoms with Crippen LogP contribution in [-0.2, 0) is 7.05 Å². The molecule has 1 unspecified atom stereocenters. The monoisotopic (exact) mass is 285 g/mol. The van der Waals surface area contributed by atoms with Crippen molar-refractivity contribution in [3.05, 3.63) is 31.0 Å². The Morgan fingerprint density at radius 3 is 2.70 bits per heavy atom. The summed E-state index contributed by atoms with van der Waals surface area (Å²) in [6.07, 6.45) is -1.76. The quantitative estimate of drug-likeness (QED) is 0.442. The summed E-state index contributed by atoms with van der Waals surface area (Å²) in [4.78, 5) is 39.5. The van der Waals surface area contributed by atoms with Gasteiger partial charge in [0.15, 0.2) is 0 Å². The Morgan fingerprint density at radius 1 is 1.50 bits per heavy atom. The van der Waals surface area contributed by atoms with Gasteiger partial charge in [-0.25, -0.2) is 13.9 Å². The van der Waals surface area contributed by atoms with Crippen molar-refractivity contribution in [2.24, 2.45) is 7.05 Å². The molecule has 108 valence electrons. The molecule has 0 aliphatic carbocycles. The molecule has 0 aliphatic heterocycles. The van der Waals surface area contributed by atoms with Crippen molar-refractivity contribution in [2.45, 2.75) is 12.6 Å². The Balaban J connectivity index is 2.81. The number of imidazole rings is 1. The van der Waals surface area contributed by atoms with Gasteiger partial charge in [0.05, 0.1) is 7.05 Å². The van der Waals surface area contributed by atoms with E-state index in [1.54, 1.807) is 0 Å². The molecule has 2 aromatic heterocycles. The second-order valence-corrected chi connectivity index (χ2v) is 4.02. The number of aromatic amines is 1. The Morgan fingerprint density at radius 2 is 2.15 bits per heavy atom. The van der Waals surface area contributed by atoms with Crippen LogP contribution in [0.25, 0.3) is 11.2 Å². The first-order valence-corrected chi connectivity index (χ1v) is 5.53. The predicted molar refractivity (Wildman–Crippen MR) is 65.2 cm³/mol. The highest BCUT2D eigenvalue weighted by molar-refractivity contribution is 5.71. The van der Waals surface area contributed by atoms with Crippen LogP contribution in [0.5, 0.6) is 0 Å². The fraction of sp³-hybridized carbons (Fsp3) is 0.444. The molecule has 20 heavy (non-hydrogen) atoms. The molecular weight excluding hydrogens is 274 g/mol. The van der Waals surface area contributed by atoms with E-state index < -0.39 is 35.0 Å². The highest BCUT2D eigenvalue weighted by Crippen LogP contribution is 2.14. The molecule has 0 spiro atoms. The number of rotatable bonds is 4. The molecule has 0 aliphatic rings. The van der Waals surface area contributed by atoms with Crippen LogP contribution in [0.2, 0.25) is 0 Å². The molecule has 0 aromatic carbocycles. The fourth-order valence-corrected chi connectivity index (χ4v) is 1.87. The molecule has 0 bridgehead atoms. The fourth-order valence-electron chi connectivity index (χ4n) is 1.87. The van der Waals surface area contributed by atoms with Crippen molar-refractivity contribution in [3.8, 4) is 0 Å². The molecule has 0 saturated heterocycles. The number of aliphatic hydroxyl groups is 2. The summed E-state index contributed by atoms with van der Waals surface area (Å²) in [5.74, 6) is -0.609. The summed E-state index contributed by atoms with van der Waals surface area (Å²) in [5.41, 5.74) is -2.33. The van der Waals surface area contributed by atoms with Crippen molar-refractivity contribution in [3.63, 3.8) is 0 Å². The van der Waals surface area contributed by atoms with Crippen molar-refractivity contribution in [1.29, 1.82) is 0 Å². The number of aromatic nitrogens is 4. The molecule has 0 radical (unpaired) electrons. The molecule has 11 heteroatoms. The number of nitrogens with zero attached hydrogens (tertiary/aromatic N) is 4. The van der Waals surface area contributed by atoms with E-state index in [-0.39, 0.29) is 17.6 Å². The van der Waals surface area contributed by atoms with Gasteiger partial charge < -0.3 is 20.3 Å². The minimum Gasteiger partial charge on any atom is -0.396 e. The van der Waals surface area contributed by atoms with Gasteiger partial charge in [-0.15, -0.1) is 0 Å². The maximum Gasteiger partial charge on any atom is 0.437 e. The van der Waals surface area contributed by atoms with E-state index in [2.05, 4.69) is 9.97 Å². The van der Waals surface area contributed by atoms with Crippen molar-refractivity contribution in [1.82, 2.24) is 19.1 Å². The maximum absolute atomic E-state index is 12.1. The van der Waals surface area contributed by atoms with Crippen molar-refractivity contribution >= 4 is 17.1 Å². The number of hydrogen-bond acceptors (Lipinski definition) is 7. The largest absolute Gasteiger partial charge is 0.437 e. The van der Waals surface area contributed by atoms with E-state index in [0.29, 0.717) is 4.57 Å². The van der Waals surface area contributed by atoms with Gasteiger partial charge in [0.1, 0.15) is 6.23 Å². The molecular formula is C9H11N5O6. The minimum absolute atomic E-state index is 0.215. The van der Waals surface area contributed by atoms with Gasteiger partial charge in [0.25, 0.3) is 5.65 Å². The van der Waals surface area contributed by atoms with E-state index in [9.17, 15) is 24.8 Å². The van der Waals surface area contributed by atoms with Gasteiger partial charge in [-0.3, -0.25) is 9.78 Å². The number of hydrogen-bond donors (Lipinski definition) is 3. The number of nitrogens with one attached hydrogen (secondary N) is 1. The van der Waals surface area contributed by atoms with Crippen LogP contribution in [0.1, 0.15) is 12.6 Å². The van der Waals surface area contributed by atoms with Gasteiger partial charge in [0, 0.05) is 13.0 Å². The smallest absolute Gasteiger partial charge is 0.396 e. The third-order valence-electron chi connectivity index (χ3n) is 2.79. The normalized spacial score (nSPS) is 12.8. The number of aliphatic hydroxyl groups excluding tert-OH is 2. The van der Waals surface area contributed by atoms with E-state index >= 15 is 0 Å². The average Bonchev–Trinajstić information content (AvgIpc) is 2.67. The first-order chi connectivity index (χ1) is 9.38. The predicted octanol–water partition coefficient (Wildman–Crippen LogP) is -1.80. The number of H-pyrrole nitrogens is 1. The molecule has 3 N–H and O–H groups in total. The third-order valence-corrected chi connectivity index (χ3v) is 2.79. The van der Waals surface area contributed by atoms with Crippen LogP contribution in [-0.4, -0.2) is 40.8 Å². The van der Waals surface area contributed by atoms with Gasteiger partial charge in [-0.2, -0.15) is 0 Å². The molecule has 0 fully saturated rings. The lowest BCUT2D eigenvalue weighted by Gasteiger charge is -2.10. The second kappa shape index (κ2) is 4.86. The molecule has 0 amide bonds. The molecule has 0 saturated carbocycles. The van der Waals surface area contributed by atoms with Crippen LogP contribution < -0.4 is 11.2 Å². The number of aryl methyl sites for hydroxylation is 1. The molecule has 2 heterocycles. The van der Waals surface area contributed by atoms with Gasteiger partial charge in [-0.1, -0.05) is 0 Å². The average molecular weight is 285 g/mol. The lowest BCUT2D eigenvalue weighted by molar-refractivity contribution is -0.396. The Labute approximate surface area is 109 Å². The van der Waals surface area contributed by atoms with Crippen LogP contribution in [0.3, 0.4) is 0 Å². The van der Waals surface area contributed by atoms with Crippen LogP contribution >= 0.6 is 0 Å². The Bertz CT molecular complexity index is 786. The lowest BCUT2D eigenvalue weighted by Crippen LogP contribution is -2.38. The van der Waals surface area contributed by atoms with Crippen molar-refractivity contribution < 1.29 is 15.1 Å². The topological polar surface area (TPSA) is 156 Å².